The second kappa shape index (κ2) is 6.51. The molecule has 0 aromatic carbocycles. The number of nitrogens with zero attached hydrogens (tertiary/aromatic N) is 5. The molecule has 9 heteroatoms. The van der Waals surface area contributed by atoms with Gasteiger partial charge in [-0.05, 0) is 6.07 Å². The lowest BCUT2D eigenvalue weighted by molar-refractivity contribution is -0.141. The third-order valence-corrected chi connectivity index (χ3v) is 2.21. The normalized spacial score (nSPS) is 11.2. The maximum Gasteiger partial charge on any atom is 0.435 e. The van der Waals surface area contributed by atoms with Crippen molar-refractivity contribution in [2.24, 2.45) is 7.05 Å². The van der Waals surface area contributed by atoms with E-state index >= 15 is 0 Å². The summed E-state index contributed by atoms with van der Waals surface area (Å²) in [5, 5.41) is 11.2. The molecule has 0 radical (unpaired) electrons. The van der Waals surface area contributed by atoms with Crippen LogP contribution in [0.3, 0.4) is 0 Å². The first-order chi connectivity index (χ1) is 9.41. The molecule has 2 aromatic rings. The van der Waals surface area contributed by atoms with E-state index in [1.54, 1.807) is 0 Å². The van der Waals surface area contributed by atoms with Crippen LogP contribution in [0.1, 0.15) is 19.5 Å². The topological polar surface area (TPSA) is 57.8 Å². The number of hydrogen-bond acceptors (Lipinski definition) is 4. The molecule has 2 rings (SSSR count). The van der Waals surface area contributed by atoms with Crippen LogP contribution in [-0.4, -0.2) is 31.9 Å². The van der Waals surface area contributed by atoms with Gasteiger partial charge >= 0.3 is 6.18 Å². The zero-order valence-corrected chi connectivity index (χ0v) is 11.6. The molecule has 112 valence electrons. The van der Waals surface area contributed by atoms with Gasteiger partial charge in [0.2, 0.25) is 0 Å². The van der Waals surface area contributed by atoms with E-state index in [9.17, 15) is 13.2 Å². The third-order valence-electron chi connectivity index (χ3n) is 2.21. The molecule has 0 unspecified atom stereocenters. The Balaban J connectivity index is 0.000000956. The van der Waals surface area contributed by atoms with E-state index < -0.39 is 11.9 Å². The zero-order chi connectivity index (χ0) is 15.3. The minimum atomic E-state index is -4.47. The minimum absolute atomic E-state index is 0.129. The van der Waals surface area contributed by atoms with Crippen LogP contribution in [0.5, 0.6) is 0 Å². The van der Waals surface area contributed by atoms with E-state index in [2.05, 4.69) is 15.3 Å². The molecular weight excluding hydrogens is 275 g/mol. The first-order valence-corrected chi connectivity index (χ1v) is 5.92. The number of ether oxygens (including phenoxy) is 1. The highest BCUT2D eigenvalue weighted by Gasteiger charge is 2.35. The average Bonchev–Trinajstić information content (AvgIpc) is 2.98. The Morgan fingerprint density at radius 3 is 2.40 bits per heavy atom. The van der Waals surface area contributed by atoms with Gasteiger partial charge in [0.25, 0.3) is 0 Å². The highest BCUT2D eigenvalue weighted by molar-refractivity contribution is 5.53. The molecule has 0 aliphatic rings. The largest absolute Gasteiger partial charge is 0.435 e. The fourth-order valence-corrected chi connectivity index (χ4v) is 1.44. The Hall–Kier alpha value is -1.90. The molecule has 0 amide bonds. The number of halogens is 3. The molecular formula is C11H16F3N5O. The lowest BCUT2D eigenvalue weighted by Crippen LogP contribution is -2.06. The SMILES string of the molecule is CC.COCn1ncc(-c2cc(C(F)(F)F)nn2C)n1. The van der Waals surface area contributed by atoms with Crippen LogP contribution in [0.25, 0.3) is 11.4 Å². The molecule has 0 N–H and O–H groups in total. The highest BCUT2D eigenvalue weighted by Crippen LogP contribution is 2.30. The summed E-state index contributed by atoms with van der Waals surface area (Å²) < 4.78 is 43.4. The molecule has 2 aromatic heterocycles. The Bertz CT molecular complexity index is 546. The lowest BCUT2D eigenvalue weighted by atomic mass is 10.3. The van der Waals surface area contributed by atoms with Crippen LogP contribution in [0.15, 0.2) is 12.3 Å². The van der Waals surface area contributed by atoms with Crippen molar-refractivity contribution < 1.29 is 17.9 Å². The van der Waals surface area contributed by atoms with Gasteiger partial charge in [-0.25, -0.2) is 0 Å². The van der Waals surface area contributed by atoms with Crippen molar-refractivity contribution in [1.29, 1.82) is 0 Å². The van der Waals surface area contributed by atoms with Crippen LogP contribution >= 0.6 is 0 Å². The molecule has 0 fully saturated rings. The molecule has 20 heavy (non-hydrogen) atoms. The van der Waals surface area contributed by atoms with Crippen molar-refractivity contribution in [3.63, 3.8) is 0 Å². The van der Waals surface area contributed by atoms with Gasteiger partial charge in [-0.3, -0.25) is 4.68 Å². The zero-order valence-electron chi connectivity index (χ0n) is 11.6. The van der Waals surface area contributed by atoms with Crippen molar-refractivity contribution in [2.75, 3.05) is 7.11 Å². The van der Waals surface area contributed by atoms with Gasteiger partial charge < -0.3 is 4.74 Å². The van der Waals surface area contributed by atoms with Gasteiger partial charge in [-0.15, -0.1) is 5.10 Å². The summed E-state index contributed by atoms with van der Waals surface area (Å²) in [7, 11) is 2.88. The molecule has 0 saturated carbocycles. The monoisotopic (exact) mass is 291 g/mol. The maximum absolute atomic E-state index is 12.5. The highest BCUT2D eigenvalue weighted by atomic mass is 19.4. The Labute approximate surface area is 114 Å². The van der Waals surface area contributed by atoms with Crippen LogP contribution in [0.4, 0.5) is 13.2 Å². The van der Waals surface area contributed by atoms with E-state index in [-0.39, 0.29) is 12.4 Å². The van der Waals surface area contributed by atoms with Crippen molar-refractivity contribution in [3.8, 4) is 11.4 Å². The summed E-state index contributed by atoms with van der Waals surface area (Å²) >= 11 is 0. The lowest BCUT2D eigenvalue weighted by Gasteiger charge is -1.98. The van der Waals surface area contributed by atoms with Gasteiger partial charge in [-0.1, -0.05) is 13.8 Å². The number of rotatable bonds is 3. The van der Waals surface area contributed by atoms with Gasteiger partial charge in [0.05, 0.1) is 11.9 Å². The number of alkyl halides is 3. The average molecular weight is 291 g/mol. The summed E-state index contributed by atoms with van der Waals surface area (Å²) in [6.07, 6.45) is -3.12. The fraction of sp³-hybridized carbons (Fsp3) is 0.545. The molecule has 0 aliphatic heterocycles. The molecule has 0 spiro atoms. The number of aromatic nitrogens is 5. The Morgan fingerprint density at radius 2 is 1.90 bits per heavy atom. The summed E-state index contributed by atoms with van der Waals surface area (Å²) in [5.41, 5.74) is -0.413. The Kier molecular flexibility index (Phi) is 5.26. The van der Waals surface area contributed by atoms with Crippen LogP contribution in [0.2, 0.25) is 0 Å². The number of methoxy groups -OCH3 is 1. The quantitative estimate of drug-likeness (QED) is 0.871. The van der Waals surface area contributed by atoms with Crippen LogP contribution < -0.4 is 0 Å². The first kappa shape index (κ1) is 16.2. The van der Waals surface area contributed by atoms with Crippen molar-refractivity contribution in [3.05, 3.63) is 18.0 Å². The summed E-state index contributed by atoms with van der Waals surface area (Å²) in [6.45, 7) is 4.13. The fourth-order valence-electron chi connectivity index (χ4n) is 1.44. The molecule has 6 nitrogen and oxygen atoms in total. The summed E-state index contributed by atoms with van der Waals surface area (Å²) in [5.74, 6) is 0. The molecule has 0 aliphatic carbocycles. The maximum atomic E-state index is 12.5. The van der Waals surface area contributed by atoms with Crippen molar-refractivity contribution in [1.82, 2.24) is 24.8 Å². The van der Waals surface area contributed by atoms with Crippen molar-refractivity contribution >= 4 is 0 Å². The van der Waals surface area contributed by atoms with E-state index in [0.29, 0.717) is 5.69 Å². The van der Waals surface area contributed by atoms with Crippen LogP contribution in [-0.2, 0) is 24.7 Å². The van der Waals surface area contributed by atoms with Gasteiger partial charge in [0.15, 0.2) is 12.4 Å². The standard InChI is InChI=1S/C9H10F3N5O.C2H6/c1-16-7(3-8(15-16)9(10,11)12)6-4-13-17(14-6)5-18-2;1-2/h3-4H,5H2,1-2H3;1-2H3. The number of aryl methyl sites for hydroxylation is 1. The van der Waals surface area contributed by atoms with E-state index in [4.69, 9.17) is 4.74 Å². The molecule has 0 atom stereocenters. The summed E-state index contributed by atoms with van der Waals surface area (Å²) in [6, 6.07) is 0.932. The molecule has 2 heterocycles. The van der Waals surface area contributed by atoms with E-state index in [0.717, 1.165) is 10.7 Å². The van der Waals surface area contributed by atoms with Gasteiger partial charge in [0, 0.05) is 14.2 Å². The molecule has 0 bridgehead atoms. The van der Waals surface area contributed by atoms with E-state index in [1.807, 2.05) is 13.8 Å². The second-order valence-electron chi connectivity index (χ2n) is 3.56. The predicted octanol–water partition coefficient (Wildman–Crippen LogP) is 2.33. The van der Waals surface area contributed by atoms with Gasteiger partial charge in [0.1, 0.15) is 5.69 Å². The summed E-state index contributed by atoms with van der Waals surface area (Å²) in [4.78, 5) is 1.23. The van der Waals surface area contributed by atoms with Crippen molar-refractivity contribution in [2.45, 2.75) is 26.8 Å². The second-order valence-corrected chi connectivity index (χ2v) is 3.56. The van der Waals surface area contributed by atoms with Crippen LogP contribution in [0, 0.1) is 0 Å². The molecule has 0 saturated heterocycles. The first-order valence-electron chi connectivity index (χ1n) is 5.92. The smallest absolute Gasteiger partial charge is 0.361 e. The number of hydrogen-bond donors (Lipinski definition) is 0. The third kappa shape index (κ3) is 3.56. The predicted molar refractivity (Wildman–Crippen MR) is 65.6 cm³/mol. The van der Waals surface area contributed by atoms with E-state index in [1.165, 1.54) is 25.2 Å². The van der Waals surface area contributed by atoms with Gasteiger partial charge in [-0.2, -0.15) is 28.2 Å². The Morgan fingerprint density at radius 1 is 1.25 bits per heavy atom. The minimum Gasteiger partial charge on any atom is -0.361 e.